The van der Waals surface area contributed by atoms with E-state index in [1.165, 1.54) is 212 Å². The van der Waals surface area contributed by atoms with Crippen molar-refractivity contribution in [3.8, 4) is 0 Å². The molecular weight excluding hydrogens is 925 g/mol. The van der Waals surface area contributed by atoms with Crippen LogP contribution in [-0.2, 0) is 28.6 Å². The number of esters is 3. The van der Waals surface area contributed by atoms with Crippen molar-refractivity contribution in [3.63, 3.8) is 0 Å². The molecule has 0 aromatic rings. The van der Waals surface area contributed by atoms with Gasteiger partial charge in [0.2, 0.25) is 0 Å². The molecule has 0 fully saturated rings. The fourth-order valence-corrected chi connectivity index (χ4v) is 9.59. The highest BCUT2D eigenvalue weighted by Crippen LogP contribution is 2.18. The van der Waals surface area contributed by atoms with E-state index in [0.717, 1.165) is 89.9 Å². The topological polar surface area (TPSA) is 78.9 Å². The molecule has 1 unspecified atom stereocenters. The number of hydrogen-bond acceptors (Lipinski definition) is 6. The van der Waals surface area contributed by atoms with E-state index >= 15 is 0 Å². The summed E-state index contributed by atoms with van der Waals surface area (Å²) in [7, 11) is 0. The molecule has 0 heterocycles. The molecule has 0 rings (SSSR count). The summed E-state index contributed by atoms with van der Waals surface area (Å²) in [5.41, 5.74) is 0. The smallest absolute Gasteiger partial charge is 0.306 e. The fourth-order valence-electron chi connectivity index (χ4n) is 9.59. The number of ether oxygens (including phenoxy) is 3. The molecule has 1 atom stereocenters. The first kappa shape index (κ1) is 72.1. The number of rotatable bonds is 60. The molecule has 0 saturated heterocycles. The highest BCUT2D eigenvalue weighted by atomic mass is 16.6. The minimum atomic E-state index is -0.776. The van der Waals surface area contributed by atoms with Crippen molar-refractivity contribution in [3.05, 3.63) is 60.8 Å². The van der Waals surface area contributed by atoms with Crippen molar-refractivity contribution in [2.45, 2.75) is 348 Å². The van der Waals surface area contributed by atoms with E-state index in [9.17, 15) is 14.4 Å². The average molecular weight is 1050 g/mol. The van der Waals surface area contributed by atoms with E-state index in [4.69, 9.17) is 14.2 Å². The zero-order chi connectivity index (χ0) is 54.3. The Morgan fingerprint density at radius 1 is 0.280 bits per heavy atom. The minimum absolute atomic E-state index is 0.0741. The first-order valence-electron chi connectivity index (χ1n) is 32.8. The molecule has 0 spiro atoms. The predicted molar refractivity (Wildman–Crippen MR) is 325 cm³/mol. The van der Waals surface area contributed by atoms with Gasteiger partial charge >= 0.3 is 17.9 Å². The predicted octanol–water partition coefficient (Wildman–Crippen LogP) is 22.3. The van der Waals surface area contributed by atoms with Gasteiger partial charge in [0.05, 0.1) is 0 Å². The van der Waals surface area contributed by atoms with Gasteiger partial charge in [-0.05, 0) is 77.0 Å². The van der Waals surface area contributed by atoms with Gasteiger partial charge in [0.15, 0.2) is 6.10 Å². The molecule has 0 radical (unpaired) electrons. The summed E-state index contributed by atoms with van der Waals surface area (Å²) in [5.74, 6) is -0.866. The van der Waals surface area contributed by atoms with E-state index in [2.05, 4.69) is 81.5 Å². The second-order valence-electron chi connectivity index (χ2n) is 22.0. The Hall–Kier alpha value is -2.89. The molecule has 0 aliphatic carbocycles. The van der Waals surface area contributed by atoms with Gasteiger partial charge in [-0.3, -0.25) is 14.4 Å². The van der Waals surface area contributed by atoms with Crippen LogP contribution in [-0.4, -0.2) is 37.2 Å². The zero-order valence-electron chi connectivity index (χ0n) is 50.1. The van der Waals surface area contributed by atoms with Crippen LogP contribution in [0.3, 0.4) is 0 Å². The molecule has 0 N–H and O–H groups in total. The van der Waals surface area contributed by atoms with Gasteiger partial charge in [-0.1, -0.05) is 306 Å². The third-order valence-corrected chi connectivity index (χ3v) is 14.5. The lowest BCUT2D eigenvalue weighted by Crippen LogP contribution is -2.30. The molecule has 6 nitrogen and oxygen atoms in total. The molecule has 0 aliphatic rings. The lowest BCUT2D eigenvalue weighted by Gasteiger charge is -2.18. The highest BCUT2D eigenvalue weighted by Gasteiger charge is 2.19. The summed E-state index contributed by atoms with van der Waals surface area (Å²) in [4.78, 5) is 38.3. The summed E-state index contributed by atoms with van der Waals surface area (Å²) in [6, 6.07) is 0. The molecule has 436 valence electrons. The largest absolute Gasteiger partial charge is 0.462 e. The third-order valence-electron chi connectivity index (χ3n) is 14.5. The zero-order valence-corrected chi connectivity index (χ0v) is 50.1. The van der Waals surface area contributed by atoms with Gasteiger partial charge in [0.25, 0.3) is 0 Å². The number of unbranched alkanes of at least 4 members (excludes halogenated alkanes) is 39. The molecule has 75 heavy (non-hydrogen) atoms. The van der Waals surface area contributed by atoms with Crippen LogP contribution in [0.1, 0.15) is 342 Å². The van der Waals surface area contributed by atoms with Crippen molar-refractivity contribution in [2.75, 3.05) is 13.2 Å². The second-order valence-corrected chi connectivity index (χ2v) is 22.0. The van der Waals surface area contributed by atoms with Crippen LogP contribution in [0.25, 0.3) is 0 Å². The SMILES string of the molecule is CC/C=C\C/C=C\C/C=C\C/C=C\CCCCCCCCCCCCCCC(=O)OCC(COC(=O)CCCCCCC/C=C\CCCC)OC(=O)CCCCCCCCCCCCCCCCCCCCCCC. The first-order chi connectivity index (χ1) is 37.0. The van der Waals surface area contributed by atoms with Crippen molar-refractivity contribution in [1.29, 1.82) is 0 Å². The Morgan fingerprint density at radius 3 is 0.867 bits per heavy atom. The minimum Gasteiger partial charge on any atom is -0.462 e. The van der Waals surface area contributed by atoms with Gasteiger partial charge in [-0.2, -0.15) is 0 Å². The van der Waals surface area contributed by atoms with Crippen LogP contribution in [0.5, 0.6) is 0 Å². The monoisotopic (exact) mass is 1050 g/mol. The normalized spacial score (nSPS) is 12.4. The summed E-state index contributed by atoms with van der Waals surface area (Å²) in [5, 5.41) is 0. The van der Waals surface area contributed by atoms with Gasteiger partial charge in [0, 0.05) is 19.3 Å². The Balaban J connectivity index is 4.23. The van der Waals surface area contributed by atoms with Gasteiger partial charge in [-0.15, -0.1) is 0 Å². The number of carbonyl (C=O) groups excluding carboxylic acids is 3. The van der Waals surface area contributed by atoms with Crippen LogP contribution < -0.4 is 0 Å². The maximum absolute atomic E-state index is 12.9. The molecular formula is C69H124O6. The van der Waals surface area contributed by atoms with Crippen molar-refractivity contribution in [2.24, 2.45) is 0 Å². The average Bonchev–Trinajstić information content (AvgIpc) is 3.41. The molecule has 0 amide bonds. The maximum Gasteiger partial charge on any atom is 0.306 e. The molecule has 0 saturated carbocycles. The van der Waals surface area contributed by atoms with Crippen molar-refractivity contribution in [1.82, 2.24) is 0 Å². The van der Waals surface area contributed by atoms with Crippen LogP contribution >= 0.6 is 0 Å². The molecule has 0 aliphatic heterocycles. The van der Waals surface area contributed by atoms with E-state index in [1.807, 2.05) is 0 Å². The Morgan fingerprint density at radius 2 is 0.533 bits per heavy atom. The Kier molecular flexibility index (Phi) is 61.2. The number of hydrogen-bond donors (Lipinski definition) is 0. The van der Waals surface area contributed by atoms with Crippen molar-refractivity contribution >= 4 is 17.9 Å². The number of carbonyl (C=O) groups is 3. The van der Waals surface area contributed by atoms with E-state index in [-0.39, 0.29) is 31.1 Å². The molecule has 0 aromatic heterocycles. The second kappa shape index (κ2) is 63.6. The lowest BCUT2D eigenvalue weighted by molar-refractivity contribution is -0.167. The summed E-state index contributed by atoms with van der Waals surface area (Å²) < 4.78 is 16.9. The van der Waals surface area contributed by atoms with E-state index < -0.39 is 6.10 Å². The maximum atomic E-state index is 12.9. The molecule has 0 aromatic carbocycles. The Bertz CT molecular complexity index is 1340. The summed E-state index contributed by atoms with van der Waals surface area (Å²) in [6.07, 6.45) is 81.0. The molecule has 6 heteroatoms. The van der Waals surface area contributed by atoms with Crippen LogP contribution in [0.4, 0.5) is 0 Å². The third kappa shape index (κ3) is 61.8. The van der Waals surface area contributed by atoms with Crippen LogP contribution in [0.2, 0.25) is 0 Å². The van der Waals surface area contributed by atoms with E-state index in [1.54, 1.807) is 0 Å². The van der Waals surface area contributed by atoms with Crippen LogP contribution in [0, 0.1) is 0 Å². The fraction of sp³-hybridized carbons (Fsp3) is 0.812. The summed E-state index contributed by atoms with van der Waals surface area (Å²) in [6.45, 7) is 6.53. The lowest BCUT2D eigenvalue weighted by atomic mass is 10.0. The number of allylic oxidation sites excluding steroid dienone is 10. The van der Waals surface area contributed by atoms with E-state index in [0.29, 0.717) is 19.3 Å². The quantitative estimate of drug-likeness (QED) is 0.0261. The van der Waals surface area contributed by atoms with Crippen LogP contribution in [0.15, 0.2) is 60.8 Å². The first-order valence-corrected chi connectivity index (χ1v) is 32.8. The summed E-state index contributed by atoms with van der Waals surface area (Å²) >= 11 is 0. The van der Waals surface area contributed by atoms with Gasteiger partial charge < -0.3 is 14.2 Å². The molecule has 0 bridgehead atoms. The highest BCUT2D eigenvalue weighted by molar-refractivity contribution is 5.71. The standard InChI is InChI=1S/C69H124O6/c1-4-7-10-13-16-19-22-24-26-28-30-32-33-34-35-37-38-40-42-44-47-50-53-56-59-62-68(71)74-65-66(64-73-67(70)61-58-55-52-49-46-21-18-15-12-9-6-3)75-69(72)63-60-57-54-51-48-45-43-41-39-36-31-29-27-25-23-20-17-14-11-8-5-2/h7,10,15-16,18-19,24,26,30,32,66H,4-6,8-9,11-14,17,20-23,25,27-29,31,33-65H2,1-3H3/b10-7-,18-15-,19-16-,26-24-,32-30-. The van der Waals surface area contributed by atoms with Gasteiger partial charge in [-0.25, -0.2) is 0 Å². The van der Waals surface area contributed by atoms with Gasteiger partial charge in [0.1, 0.15) is 13.2 Å². The Labute approximate surface area is 466 Å². The van der Waals surface area contributed by atoms with Crippen molar-refractivity contribution < 1.29 is 28.6 Å².